The first-order chi connectivity index (χ1) is 16.8. The van der Waals surface area contributed by atoms with E-state index >= 15 is 0 Å². The Morgan fingerprint density at radius 1 is 1.23 bits per heavy atom. The molecular weight excluding hydrogens is 446 g/mol. The number of carbonyl (C=O) groups is 2. The number of amides is 2. The van der Waals surface area contributed by atoms with Gasteiger partial charge in [0.25, 0.3) is 0 Å². The first kappa shape index (κ1) is 22.9. The molecule has 9 heteroatoms. The van der Waals surface area contributed by atoms with E-state index in [-0.39, 0.29) is 5.92 Å². The normalized spacial score (nSPS) is 21.1. The molecule has 2 aliphatic rings. The number of likely N-dealkylation sites (N-methyl/N-ethyl adjacent to an activating group) is 1. The first-order valence-electron chi connectivity index (χ1n) is 11.6. The maximum absolute atomic E-state index is 12.2. The molecule has 0 unspecified atom stereocenters. The van der Waals surface area contributed by atoms with Crippen LogP contribution in [0.25, 0.3) is 11.3 Å². The summed E-state index contributed by atoms with van der Waals surface area (Å²) in [4.78, 5) is 31.2. The average Bonchev–Trinajstić information content (AvgIpc) is 3.34. The van der Waals surface area contributed by atoms with Gasteiger partial charge in [0.2, 0.25) is 0 Å². The fourth-order valence-corrected chi connectivity index (χ4v) is 4.64. The Kier molecular flexibility index (Phi) is 5.91. The van der Waals surface area contributed by atoms with Crippen LogP contribution in [0.4, 0.5) is 0 Å². The molecule has 2 fully saturated rings. The lowest BCUT2D eigenvalue weighted by Gasteiger charge is -2.20. The molecule has 2 amide bonds. The van der Waals surface area contributed by atoms with Crippen molar-refractivity contribution in [2.75, 3.05) is 27.2 Å². The molecule has 5 rings (SSSR count). The van der Waals surface area contributed by atoms with Gasteiger partial charge in [0, 0.05) is 62.7 Å². The van der Waals surface area contributed by atoms with Crippen LogP contribution < -0.4 is 0 Å². The van der Waals surface area contributed by atoms with Crippen LogP contribution in [0, 0.1) is 29.6 Å². The largest absolute Gasteiger partial charge is 0.385 e. The number of aliphatic hydroxyl groups excluding tert-OH is 1. The van der Waals surface area contributed by atoms with E-state index in [4.69, 9.17) is 4.52 Å². The van der Waals surface area contributed by atoms with Crippen molar-refractivity contribution in [3.8, 4) is 23.2 Å². The summed E-state index contributed by atoms with van der Waals surface area (Å²) in [7, 11) is 3.18. The average molecular weight is 474 g/mol. The molecule has 2 aromatic heterocycles. The summed E-state index contributed by atoms with van der Waals surface area (Å²) >= 11 is 0. The highest BCUT2D eigenvalue weighted by Gasteiger charge is 2.56. The molecule has 1 saturated heterocycles. The quantitative estimate of drug-likeness (QED) is 0.458. The summed E-state index contributed by atoms with van der Waals surface area (Å²) in [6.07, 6.45) is 2.80. The van der Waals surface area contributed by atoms with Gasteiger partial charge >= 0.3 is 11.8 Å². The molecule has 1 aliphatic carbocycles. The van der Waals surface area contributed by atoms with Gasteiger partial charge in [-0.15, -0.1) is 0 Å². The van der Waals surface area contributed by atoms with Gasteiger partial charge in [-0.3, -0.25) is 9.59 Å². The van der Waals surface area contributed by atoms with E-state index in [2.05, 4.69) is 22.0 Å². The predicted molar refractivity (Wildman–Crippen MR) is 127 cm³/mol. The van der Waals surface area contributed by atoms with Crippen LogP contribution in [0.5, 0.6) is 0 Å². The van der Waals surface area contributed by atoms with E-state index in [1.54, 1.807) is 38.3 Å². The number of piperidine rings is 1. The highest BCUT2D eigenvalue weighted by atomic mass is 16.5. The van der Waals surface area contributed by atoms with Gasteiger partial charge < -0.3 is 24.0 Å². The number of aliphatic hydroxyl groups is 1. The van der Waals surface area contributed by atoms with Gasteiger partial charge in [-0.1, -0.05) is 17.0 Å². The van der Waals surface area contributed by atoms with Crippen molar-refractivity contribution in [1.29, 1.82) is 0 Å². The van der Waals surface area contributed by atoms with Crippen LogP contribution in [-0.2, 0) is 16.1 Å². The molecule has 0 bridgehead atoms. The minimum atomic E-state index is -0.658. The van der Waals surface area contributed by atoms with Gasteiger partial charge in [-0.05, 0) is 43.0 Å². The van der Waals surface area contributed by atoms with E-state index in [1.165, 1.54) is 4.90 Å². The number of aromatic nitrogens is 3. The Morgan fingerprint density at radius 2 is 1.94 bits per heavy atom. The Bertz CT molecular complexity index is 1300. The Labute approximate surface area is 203 Å². The van der Waals surface area contributed by atoms with Crippen molar-refractivity contribution in [2.45, 2.75) is 19.6 Å². The minimum Gasteiger partial charge on any atom is -0.385 e. The molecule has 1 N–H and O–H groups in total. The second kappa shape index (κ2) is 9.04. The minimum absolute atomic E-state index is 0.278. The van der Waals surface area contributed by atoms with Crippen LogP contribution in [-0.4, -0.2) is 68.6 Å². The number of benzene rings is 1. The molecule has 35 heavy (non-hydrogen) atoms. The molecule has 4 atom stereocenters. The zero-order chi connectivity index (χ0) is 24.7. The van der Waals surface area contributed by atoms with Gasteiger partial charge in [-0.25, -0.2) is 4.98 Å². The van der Waals surface area contributed by atoms with E-state index in [0.717, 1.165) is 16.8 Å². The highest BCUT2D eigenvalue weighted by Crippen LogP contribution is 2.51. The standard InChI is InChI=1S/C26H27N5O4/c1-16(32)24-27-10-11-30(24)13-19-12-23(35-28-19)18-7-4-17(5-8-18)6-9-20-21-14-31(15-22(20)21)26(34)25(33)29(2)3/h4-5,7-8,10-12,16,20-22,32H,13-15H2,1-3H3/t16-,20-,21+,22-/m0/s1. The SMILES string of the molecule is C[C@H](O)c1nccn1Cc1cc(-c2ccc(C#C[C@H]3[C@H]4CN(C(=O)C(=O)N(C)C)C[C@@H]34)cc2)on1. The number of rotatable bonds is 4. The maximum atomic E-state index is 12.2. The summed E-state index contributed by atoms with van der Waals surface area (Å²) in [6.45, 7) is 3.35. The number of carbonyl (C=O) groups excluding carboxylic acids is 2. The third kappa shape index (κ3) is 4.57. The van der Waals surface area contributed by atoms with Crippen molar-refractivity contribution in [1.82, 2.24) is 24.5 Å². The monoisotopic (exact) mass is 473 g/mol. The third-order valence-corrected chi connectivity index (χ3v) is 6.64. The molecule has 1 aromatic carbocycles. The zero-order valence-electron chi connectivity index (χ0n) is 19.9. The number of hydrogen-bond acceptors (Lipinski definition) is 6. The van der Waals surface area contributed by atoms with E-state index < -0.39 is 17.9 Å². The Hall–Kier alpha value is -3.90. The van der Waals surface area contributed by atoms with Crippen LogP contribution in [0.3, 0.4) is 0 Å². The molecule has 3 aromatic rings. The molecule has 180 valence electrons. The van der Waals surface area contributed by atoms with Gasteiger partial charge in [0.15, 0.2) is 5.76 Å². The van der Waals surface area contributed by atoms with Gasteiger partial charge in [0.05, 0.1) is 6.54 Å². The molecule has 0 radical (unpaired) electrons. The second-order valence-corrected chi connectivity index (χ2v) is 9.38. The maximum Gasteiger partial charge on any atom is 0.312 e. The van der Waals surface area contributed by atoms with Crippen LogP contribution in [0.1, 0.15) is 30.1 Å². The summed E-state index contributed by atoms with van der Waals surface area (Å²) in [5, 5.41) is 14.0. The lowest BCUT2D eigenvalue weighted by molar-refractivity contribution is -0.150. The lowest BCUT2D eigenvalue weighted by atomic mass is 10.1. The summed E-state index contributed by atoms with van der Waals surface area (Å²) < 4.78 is 7.36. The fraction of sp³-hybridized carbons (Fsp3) is 0.385. The van der Waals surface area contributed by atoms with Crippen molar-refractivity contribution in [2.24, 2.45) is 17.8 Å². The number of nitrogens with zero attached hydrogens (tertiary/aromatic N) is 5. The topological polar surface area (TPSA) is 105 Å². The van der Waals surface area contributed by atoms with Crippen molar-refractivity contribution < 1.29 is 19.2 Å². The fourth-order valence-electron chi connectivity index (χ4n) is 4.64. The second-order valence-electron chi connectivity index (χ2n) is 9.38. The Balaban J connectivity index is 1.17. The van der Waals surface area contributed by atoms with Crippen molar-refractivity contribution >= 4 is 11.8 Å². The molecule has 1 aliphatic heterocycles. The number of likely N-dealkylation sites (tertiary alicyclic amines) is 1. The van der Waals surface area contributed by atoms with E-state index in [9.17, 15) is 14.7 Å². The van der Waals surface area contributed by atoms with Crippen molar-refractivity contribution in [3.63, 3.8) is 0 Å². The predicted octanol–water partition coefficient (Wildman–Crippen LogP) is 1.78. The summed E-state index contributed by atoms with van der Waals surface area (Å²) in [5.41, 5.74) is 2.55. The number of hydrogen-bond donors (Lipinski definition) is 1. The molecule has 9 nitrogen and oxygen atoms in total. The molecule has 0 spiro atoms. The number of imidazole rings is 1. The Morgan fingerprint density at radius 3 is 2.60 bits per heavy atom. The molecule has 3 heterocycles. The molecule has 1 saturated carbocycles. The summed E-state index contributed by atoms with van der Waals surface area (Å²) in [6, 6.07) is 9.69. The summed E-state index contributed by atoms with van der Waals surface area (Å²) in [5.74, 6) is 7.92. The number of fused-ring (bicyclic) bond motifs is 1. The highest BCUT2D eigenvalue weighted by molar-refractivity contribution is 6.34. The first-order valence-corrected chi connectivity index (χ1v) is 11.6. The third-order valence-electron chi connectivity index (χ3n) is 6.64. The van der Waals surface area contributed by atoms with Gasteiger partial charge in [0.1, 0.15) is 17.6 Å². The van der Waals surface area contributed by atoms with Gasteiger partial charge in [-0.2, -0.15) is 0 Å². The molecular formula is C26H27N5O4. The van der Waals surface area contributed by atoms with Crippen molar-refractivity contribution in [3.05, 3.63) is 59.8 Å². The lowest BCUT2D eigenvalue weighted by Crippen LogP contribution is -2.42. The zero-order valence-corrected chi connectivity index (χ0v) is 19.9. The smallest absolute Gasteiger partial charge is 0.312 e. The van der Waals surface area contributed by atoms with Crippen LogP contribution in [0.15, 0.2) is 47.2 Å². The van der Waals surface area contributed by atoms with E-state index in [0.29, 0.717) is 43.1 Å². The van der Waals surface area contributed by atoms with Crippen LogP contribution >= 0.6 is 0 Å². The van der Waals surface area contributed by atoms with Crippen LogP contribution in [0.2, 0.25) is 0 Å². The van der Waals surface area contributed by atoms with E-state index in [1.807, 2.05) is 34.9 Å².